The van der Waals surface area contributed by atoms with Crippen LogP contribution in [0.2, 0.25) is 0 Å². The van der Waals surface area contributed by atoms with Crippen LogP contribution in [0.1, 0.15) is 25.0 Å². The third-order valence-corrected chi connectivity index (χ3v) is 14.9. The Bertz CT molecular complexity index is 4110. The van der Waals surface area contributed by atoms with Crippen molar-refractivity contribution < 1.29 is 0 Å². The summed E-state index contributed by atoms with van der Waals surface area (Å²) < 4.78 is 2.39. The standard InChI is InChI=1S/C65H43N/c1-65(2)63-46-19-7-6-16-41(46)32-36-55(63)62-49-22-9-8-20-47(49)56-38-43(33-35-54(56)64(62)65)40-28-30-42(31-29-40)60-50-23-10-12-25-52(50)61(53-26-13-11-24-51(53)60)44-34-37-59-57(39-44)48-21-14-15-27-58(48)66(59)45-17-4-3-5-18-45/h3-39H,1-2H3. The first-order chi connectivity index (χ1) is 32.5. The van der Waals surface area contributed by atoms with Crippen molar-refractivity contribution in [3.63, 3.8) is 0 Å². The Morgan fingerprint density at radius 2 is 0.788 bits per heavy atom. The summed E-state index contributed by atoms with van der Waals surface area (Å²) in [6.45, 7) is 4.85. The fourth-order valence-electron chi connectivity index (χ4n) is 12.1. The summed E-state index contributed by atoms with van der Waals surface area (Å²) >= 11 is 0. The van der Waals surface area contributed by atoms with Gasteiger partial charge in [-0.1, -0.05) is 202 Å². The van der Waals surface area contributed by atoms with Crippen LogP contribution in [0.4, 0.5) is 0 Å². The van der Waals surface area contributed by atoms with Gasteiger partial charge < -0.3 is 4.57 Å². The highest BCUT2D eigenvalue weighted by atomic mass is 15.0. The van der Waals surface area contributed by atoms with Gasteiger partial charge in [0.05, 0.1) is 11.0 Å². The number of aromatic nitrogens is 1. The Kier molecular flexibility index (Phi) is 7.81. The SMILES string of the molecule is CC1(C)c2c(ccc3ccccc23)-c2c1c1ccc(-c3ccc(-c4c5ccccc5c(-c5ccc6c(c5)c5ccccc5n6-c5ccccc5)c5ccccc45)cc3)cc1c1ccccc21. The smallest absolute Gasteiger partial charge is 0.0541 e. The number of para-hydroxylation sites is 2. The highest BCUT2D eigenvalue weighted by molar-refractivity contribution is 6.23. The zero-order valence-electron chi connectivity index (χ0n) is 36.8. The van der Waals surface area contributed by atoms with Crippen molar-refractivity contribution in [3.05, 3.63) is 236 Å². The minimum Gasteiger partial charge on any atom is -0.309 e. The summed E-state index contributed by atoms with van der Waals surface area (Å²) in [5.41, 5.74) is 16.5. The molecule has 66 heavy (non-hydrogen) atoms. The maximum absolute atomic E-state index is 2.44. The first kappa shape index (κ1) is 37.1. The number of nitrogens with zero attached hydrogens (tertiary/aromatic N) is 1. The molecule has 0 radical (unpaired) electrons. The number of hydrogen-bond donors (Lipinski definition) is 0. The van der Waals surface area contributed by atoms with Crippen LogP contribution >= 0.6 is 0 Å². The molecule has 1 aromatic heterocycles. The molecule has 12 aromatic carbocycles. The van der Waals surface area contributed by atoms with Crippen molar-refractivity contribution in [2.75, 3.05) is 0 Å². The van der Waals surface area contributed by atoms with Crippen LogP contribution in [0, 0.1) is 0 Å². The fourth-order valence-corrected chi connectivity index (χ4v) is 12.1. The maximum Gasteiger partial charge on any atom is 0.0541 e. The molecule has 14 rings (SSSR count). The molecule has 308 valence electrons. The molecule has 1 aliphatic carbocycles. The summed E-state index contributed by atoms with van der Waals surface area (Å²) in [5, 5.41) is 15.5. The molecule has 0 amide bonds. The largest absolute Gasteiger partial charge is 0.309 e. The summed E-state index contributed by atoms with van der Waals surface area (Å²) in [6.07, 6.45) is 0. The van der Waals surface area contributed by atoms with Crippen molar-refractivity contribution in [1.82, 2.24) is 4.57 Å². The Morgan fingerprint density at radius 1 is 0.288 bits per heavy atom. The van der Waals surface area contributed by atoms with E-state index < -0.39 is 0 Å². The van der Waals surface area contributed by atoms with Crippen LogP contribution < -0.4 is 0 Å². The molecule has 0 saturated heterocycles. The van der Waals surface area contributed by atoms with Crippen LogP contribution in [0.5, 0.6) is 0 Å². The number of benzene rings is 12. The first-order valence-electron chi connectivity index (χ1n) is 23.2. The minimum absolute atomic E-state index is 0.159. The van der Waals surface area contributed by atoms with E-state index in [1.165, 1.54) is 137 Å². The molecule has 13 aromatic rings. The Labute approximate surface area is 383 Å². The van der Waals surface area contributed by atoms with Gasteiger partial charge in [-0.15, -0.1) is 0 Å². The molecule has 0 spiro atoms. The highest BCUT2D eigenvalue weighted by Crippen LogP contribution is 2.57. The summed E-state index contributed by atoms with van der Waals surface area (Å²) in [6, 6.07) is 83.7. The van der Waals surface area contributed by atoms with Crippen LogP contribution in [0.15, 0.2) is 224 Å². The maximum atomic E-state index is 2.44. The molecule has 1 nitrogen and oxygen atoms in total. The van der Waals surface area contributed by atoms with Gasteiger partial charge in [-0.3, -0.25) is 0 Å². The topological polar surface area (TPSA) is 4.93 Å². The van der Waals surface area contributed by atoms with E-state index in [-0.39, 0.29) is 5.41 Å². The lowest BCUT2D eigenvalue weighted by Gasteiger charge is -2.25. The van der Waals surface area contributed by atoms with Gasteiger partial charge in [-0.05, 0) is 146 Å². The molecular weight excluding hydrogens is 795 g/mol. The molecule has 0 fully saturated rings. The van der Waals surface area contributed by atoms with E-state index in [0.717, 1.165) is 0 Å². The van der Waals surface area contributed by atoms with E-state index >= 15 is 0 Å². The van der Waals surface area contributed by atoms with Gasteiger partial charge in [0.25, 0.3) is 0 Å². The second-order valence-corrected chi connectivity index (χ2v) is 18.7. The van der Waals surface area contributed by atoms with Crippen LogP contribution in [-0.2, 0) is 5.41 Å². The molecule has 0 bridgehead atoms. The number of rotatable bonds is 4. The van der Waals surface area contributed by atoms with E-state index in [1.54, 1.807) is 0 Å². The quantitative estimate of drug-likeness (QED) is 0.123. The average Bonchev–Trinajstić information content (AvgIpc) is 3.84. The van der Waals surface area contributed by atoms with E-state index in [4.69, 9.17) is 0 Å². The zero-order valence-corrected chi connectivity index (χ0v) is 36.8. The van der Waals surface area contributed by atoms with Crippen molar-refractivity contribution >= 4 is 75.7 Å². The monoisotopic (exact) mass is 837 g/mol. The Morgan fingerprint density at radius 3 is 1.48 bits per heavy atom. The lowest BCUT2D eigenvalue weighted by Crippen LogP contribution is -2.16. The normalized spacial score (nSPS) is 13.1. The molecular formula is C65H43N. The zero-order chi connectivity index (χ0) is 43.7. The predicted molar refractivity (Wildman–Crippen MR) is 282 cm³/mol. The van der Waals surface area contributed by atoms with Crippen molar-refractivity contribution in [2.45, 2.75) is 19.3 Å². The van der Waals surface area contributed by atoms with Crippen LogP contribution in [0.3, 0.4) is 0 Å². The van der Waals surface area contributed by atoms with Crippen molar-refractivity contribution in [3.8, 4) is 50.2 Å². The molecule has 1 heterocycles. The Balaban J connectivity index is 0.911. The fraction of sp³-hybridized carbons (Fsp3) is 0.0462. The molecule has 1 heteroatoms. The second kappa shape index (κ2) is 13.9. The third-order valence-electron chi connectivity index (χ3n) is 14.9. The minimum atomic E-state index is -0.159. The Hall–Kier alpha value is -8.26. The second-order valence-electron chi connectivity index (χ2n) is 18.7. The van der Waals surface area contributed by atoms with Gasteiger partial charge in [-0.2, -0.15) is 0 Å². The van der Waals surface area contributed by atoms with E-state index in [0.29, 0.717) is 0 Å². The third kappa shape index (κ3) is 5.17. The lowest BCUT2D eigenvalue weighted by molar-refractivity contribution is 0.672. The molecule has 0 saturated carbocycles. The molecule has 0 atom stereocenters. The van der Waals surface area contributed by atoms with Crippen LogP contribution in [-0.4, -0.2) is 4.57 Å². The molecule has 0 aliphatic heterocycles. The average molecular weight is 838 g/mol. The molecule has 1 aliphatic rings. The van der Waals surface area contributed by atoms with Gasteiger partial charge in [0, 0.05) is 21.9 Å². The van der Waals surface area contributed by atoms with Crippen molar-refractivity contribution in [1.29, 1.82) is 0 Å². The van der Waals surface area contributed by atoms with Gasteiger partial charge >= 0.3 is 0 Å². The predicted octanol–water partition coefficient (Wildman–Crippen LogP) is 17.9. The van der Waals surface area contributed by atoms with Crippen molar-refractivity contribution in [2.24, 2.45) is 0 Å². The molecule has 0 unspecified atom stereocenters. The highest BCUT2D eigenvalue weighted by Gasteiger charge is 2.39. The van der Waals surface area contributed by atoms with Gasteiger partial charge in [0.15, 0.2) is 0 Å². The molecule has 0 N–H and O–H groups in total. The van der Waals surface area contributed by atoms with Gasteiger partial charge in [0.2, 0.25) is 0 Å². The first-order valence-corrected chi connectivity index (χ1v) is 23.2. The number of hydrogen-bond acceptors (Lipinski definition) is 0. The summed E-state index contributed by atoms with van der Waals surface area (Å²) in [5.74, 6) is 0. The van der Waals surface area contributed by atoms with Gasteiger partial charge in [-0.25, -0.2) is 0 Å². The van der Waals surface area contributed by atoms with Gasteiger partial charge in [0.1, 0.15) is 0 Å². The van der Waals surface area contributed by atoms with E-state index in [2.05, 4.69) is 243 Å². The van der Waals surface area contributed by atoms with Crippen LogP contribution in [0.25, 0.3) is 126 Å². The lowest BCUT2D eigenvalue weighted by atomic mass is 9.77. The van der Waals surface area contributed by atoms with E-state index in [9.17, 15) is 0 Å². The van der Waals surface area contributed by atoms with E-state index in [1.807, 2.05) is 0 Å². The summed E-state index contributed by atoms with van der Waals surface area (Å²) in [4.78, 5) is 0. The number of fused-ring (bicyclic) bond motifs is 15. The summed E-state index contributed by atoms with van der Waals surface area (Å²) in [7, 11) is 0.